The highest BCUT2D eigenvalue weighted by Gasteiger charge is 2.77. The fraction of sp³-hybridized carbons (Fsp3) is 0.588. The Labute approximate surface area is 274 Å². The maximum Gasteiger partial charge on any atom is 0.312 e. The number of likely N-dealkylation sites (tertiary alicyclic amines) is 1. The number of ether oxygens (including phenoxy) is 2. The number of allylic oxidation sites excluding steroid dienone is 1. The summed E-state index contributed by atoms with van der Waals surface area (Å²) in [6, 6.07) is 7.86. The number of amides is 3. The second-order valence-corrected chi connectivity index (χ2v) is 13.9. The van der Waals surface area contributed by atoms with E-state index in [-0.39, 0.29) is 54.6 Å². The molecule has 0 aliphatic carbocycles. The largest absolute Gasteiger partial charge is 0.460 e. The average molecular weight is 689 g/mol. The van der Waals surface area contributed by atoms with E-state index in [1.54, 1.807) is 24.0 Å². The van der Waals surface area contributed by atoms with Gasteiger partial charge in [-0.25, -0.2) is 0 Å². The molecule has 1 unspecified atom stereocenters. The van der Waals surface area contributed by atoms with Crippen molar-refractivity contribution in [1.29, 1.82) is 0 Å². The number of hydrogen-bond donors (Lipinski definition) is 2. The minimum Gasteiger partial charge on any atom is -0.460 e. The molecule has 0 aromatic heterocycles. The van der Waals surface area contributed by atoms with E-state index in [0.29, 0.717) is 25.8 Å². The van der Waals surface area contributed by atoms with Gasteiger partial charge in [0.15, 0.2) is 0 Å². The Morgan fingerprint density at radius 1 is 1.22 bits per heavy atom. The fourth-order valence-electron chi connectivity index (χ4n) is 7.09. The standard InChI is InChI=1S/C34H46BrN3O7/c1-6-8-14-26(40)36-18-22(5)44-33(43)27-28-31(41)38(24(20-39)16-21(3)4)30(34(28)17-25(35)29(27)45-34)32(42)37(15-7-2)19-23-12-10-9-11-13-23/h6-7,9-13,21-22,24-25,27-30,39H,1-2,8,14-20H2,3-5H3,(H,36,40)/t22-,24-,25?,27-,28+,29-,30-,34+/m1/s1. The Morgan fingerprint density at radius 2 is 1.93 bits per heavy atom. The number of halogens is 1. The van der Waals surface area contributed by atoms with Crippen LogP contribution in [0.2, 0.25) is 0 Å². The third-order valence-corrected chi connectivity index (χ3v) is 9.78. The first-order valence-electron chi connectivity index (χ1n) is 15.8. The van der Waals surface area contributed by atoms with Crippen molar-refractivity contribution in [2.45, 2.75) is 87.7 Å². The van der Waals surface area contributed by atoms with Gasteiger partial charge in [0.05, 0.1) is 37.1 Å². The smallest absolute Gasteiger partial charge is 0.312 e. The molecule has 2 bridgehead atoms. The van der Waals surface area contributed by atoms with Crippen molar-refractivity contribution in [3.8, 4) is 0 Å². The van der Waals surface area contributed by atoms with Crippen LogP contribution in [0.3, 0.4) is 0 Å². The monoisotopic (exact) mass is 687 g/mol. The van der Waals surface area contributed by atoms with Gasteiger partial charge in [0.2, 0.25) is 17.7 Å². The first-order chi connectivity index (χ1) is 21.5. The summed E-state index contributed by atoms with van der Waals surface area (Å²) in [6.07, 6.45) is 3.60. The van der Waals surface area contributed by atoms with Crippen LogP contribution in [-0.2, 0) is 35.2 Å². The van der Waals surface area contributed by atoms with E-state index in [1.807, 2.05) is 44.2 Å². The zero-order chi connectivity index (χ0) is 32.9. The van der Waals surface area contributed by atoms with E-state index in [2.05, 4.69) is 34.4 Å². The molecule has 3 heterocycles. The minimum absolute atomic E-state index is 0.117. The van der Waals surface area contributed by atoms with Crippen molar-refractivity contribution in [3.05, 3.63) is 61.2 Å². The van der Waals surface area contributed by atoms with Crippen LogP contribution in [0.15, 0.2) is 55.6 Å². The Bertz CT molecular complexity index is 1260. The highest BCUT2D eigenvalue weighted by Crippen LogP contribution is 2.61. The Kier molecular flexibility index (Phi) is 11.7. The summed E-state index contributed by atoms with van der Waals surface area (Å²) in [5, 5.41) is 13.3. The van der Waals surface area contributed by atoms with Gasteiger partial charge in [-0.2, -0.15) is 0 Å². The van der Waals surface area contributed by atoms with E-state index >= 15 is 0 Å². The first kappa shape index (κ1) is 34.8. The van der Waals surface area contributed by atoms with Crippen LogP contribution in [-0.4, -0.2) is 93.0 Å². The van der Waals surface area contributed by atoms with Gasteiger partial charge >= 0.3 is 5.97 Å². The Morgan fingerprint density at radius 3 is 2.56 bits per heavy atom. The molecule has 2 N–H and O–H groups in total. The summed E-state index contributed by atoms with van der Waals surface area (Å²) >= 11 is 3.69. The Hall–Kier alpha value is -3.02. The molecule has 8 atom stereocenters. The number of carbonyl (C=O) groups is 4. The van der Waals surface area contributed by atoms with Crippen LogP contribution >= 0.6 is 15.9 Å². The molecule has 45 heavy (non-hydrogen) atoms. The molecule has 0 radical (unpaired) electrons. The fourth-order valence-corrected chi connectivity index (χ4v) is 8.04. The molecule has 3 aliphatic rings. The van der Waals surface area contributed by atoms with Crippen LogP contribution in [0, 0.1) is 17.8 Å². The van der Waals surface area contributed by atoms with Crippen LogP contribution in [0.25, 0.3) is 0 Å². The number of benzene rings is 1. The van der Waals surface area contributed by atoms with E-state index in [9.17, 15) is 24.3 Å². The van der Waals surface area contributed by atoms with Crippen molar-refractivity contribution >= 4 is 39.6 Å². The van der Waals surface area contributed by atoms with Crippen LogP contribution in [0.1, 0.15) is 52.0 Å². The lowest BCUT2D eigenvalue weighted by Crippen LogP contribution is -2.59. The normalized spacial score (nSPS) is 28.0. The lowest BCUT2D eigenvalue weighted by Gasteiger charge is -2.39. The Balaban J connectivity index is 1.67. The quantitative estimate of drug-likeness (QED) is 0.155. The van der Waals surface area contributed by atoms with Crippen molar-refractivity contribution in [2.24, 2.45) is 17.8 Å². The van der Waals surface area contributed by atoms with Gasteiger partial charge < -0.3 is 29.7 Å². The predicted molar refractivity (Wildman–Crippen MR) is 173 cm³/mol. The van der Waals surface area contributed by atoms with Crippen LogP contribution in [0.5, 0.6) is 0 Å². The highest BCUT2D eigenvalue weighted by molar-refractivity contribution is 9.09. The minimum atomic E-state index is -1.29. The molecule has 1 aromatic carbocycles. The summed E-state index contributed by atoms with van der Waals surface area (Å²) in [5.74, 6) is -3.29. The van der Waals surface area contributed by atoms with Gasteiger partial charge in [-0.05, 0) is 37.7 Å². The molecule has 4 rings (SSSR count). The molecule has 0 saturated carbocycles. The number of nitrogens with zero attached hydrogens (tertiary/aromatic N) is 2. The maximum absolute atomic E-state index is 14.7. The number of esters is 1. The topological polar surface area (TPSA) is 125 Å². The molecule has 3 amide bonds. The molecule has 246 valence electrons. The van der Waals surface area contributed by atoms with Crippen molar-refractivity contribution in [3.63, 3.8) is 0 Å². The molecule has 3 fully saturated rings. The molecule has 3 saturated heterocycles. The van der Waals surface area contributed by atoms with Crippen LogP contribution in [0.4, 0.5) is 0 Å². The van der Waals surface area contributed by atoms with Gasteiger partial charge in [-0.1, -0.05) is 72.3 Å². The first-order valence-corrected chi connectivity index (χ1v) is 16.7. The summed E-state index contributed by atoms with van der Waals surface area (Å²) in [4.78, 5) is 57.9. The lowest BCUT2D eigenvalue weighted by molar-refractivity contribution is -0.160. The number of nitrogens with one attached hydrogen (secondary N) is 1. The second kappa shape index (κ2) is 15.0. The lowest BCUT2D eigenvalue weighted by atomic mass is 9.70. The average Bonchev–Trinajstić information content (AvgIpc) is 3.60. The molecule has 11 heteroatoms. The maximum atomic E-state index is 14.7. The zero-order valence-corrected chi connectivity index (χ0v) is 28.0. The number of aliphatic hydroxyl groups excluding tert-OH is 1. The SMILES string of the molecule is C=CCCC(=O)NC[C@@H](C)OC(=O)[C@H]1[C@@H]2O[C@@]3(CC2Br)[C@@H]1C(=O)N([C@@H](CO)CC(C)C)[C@@H]3C(=O)N(CC=C)Cc1ccccc1. The van der Waals surface area contributed by atoms with Gasteiger partial charge in [-0.3, -0.25) is 19.2 Å². The van der Waals surface area contributed by atoms with E-state index < -0.39 is 47.7 Å². The van der Waals surface area contributed by atoms with Crippen molar-refractivity contribution in [1.82, 2.24) is 15.1 Å². The predicted octanol–water partition coefficient (Wildman–Crippen LogP) is 3.37. The molecule has 3 aliphatic heterocycles. The number of fused-ring (bicyclic) bond motifs is 1. The summed E-state index contributed by atoms with van der Waals surface area (Å²) in [7, 11) is 0. The van der Waals surface area contributed by atoms with E-state index in [1.165, 1.54) is 4.90 Å². The van der Waals surface area contributed by atoms with E-state index in [4.69, 9.17) is 9.47 Å². The van der Waals surface area contributed by atoms with Crippen molar-refractivity contribution < 1.29 is 33.8 Å². The number of hydrogen-bond acceptors (Lipinski definition) is 7. The summed E-state index contributed by atoms with van der Waals surface area (Å²) in [5.41, 5.74) is -0.375. The van der Waals surface area contributed by atoms with Gasteiger partial charge in [0.1, 0.15) is 17.7 Å². The number of aliphatic hydroxyl groups is 1. The van der Waals surface area contributed by atoms with Crippen molar-refractivity contribution in [2.75, 3.05) is 19.7 Å². The number of rotatable bonds is 16. The third kappa shape index (κ3) is 7.20. The molecular formula is C34H46BrN3O7. The molecule has 1 aromatic rings. The molecule has 1 spiro atoms. The second-order valence-electron chi connectivity index (χ2n) is 12.7. The molecular weight excluding hydrogens is 642 g/mol. The molecule has 10 nitrogen and oxygen atoms in total. The van der Waals surface area contributed by atoms with Gasteiger partial charge in [-0.15, -0.1) is 13.2 Å². The van der Waals surface area contributed by atoms with Gasteiger partial charge in [0.25, 0.3) is 0 Å². The third-order valence-electron chi connectivity index (χ3n) is 8.94. The van der Waals surface area contributed by atoms with E-state index in [0.717, 1.165) is 5.56 Å². The van der Waals surface area contributed by atoms with Crippen LogP contribution < -0.4 is 5.32 Å². The number of carbonyl (C=O) groups excluding carboxylic acids is 4. The van der Waals surface area contributed by atoms with Gasteiger partial charge in [0, 0.05) is 24.3 Å². The highest BCUT2D eigenvalue weighted by atomic mass is 79.9. The number of alkyl halides is 1. The summed E-state index contributed by atoms with van der Waals surface area (Å²) < 4.78 is 12.4. The summed E-state index contributed by atoms with van der Waals surface area (Å²) in [6.45, 7) is 13.5. The zero-order valence-electron chi connectivity index (χ0n) is 26.4.